The van der Waals surface area contributed by atoms with Crippen LogP contribution in [0, 0.1) is 5.82 Å². The molecule has 3 nitrogen and oxygen atoms in total. The van der Waals surface area contributed by atoms with Crippen LogP contribution in [0.25, 0.3) is 0 Å². The van der Waals surface area contributed by atoms with Gasteiger partial charge in [0.15, 0.2) is 0 Å². The molecular weight excluding hydrogens is 273 g/mol. The lowest BCUT2D eigenvalue weighted by Crippen LogP contribution is -2.13. The van der Waals surface area contributed by atoms with Gasteiger partial charge in [0.25, 0.3) is 0 Å². The summed E-state index contributed by atoms with van der Waals surface area (Å²) >= 11 is 3.12. The van der Waals surface area contributed by atoms with E-state index in [2.05, 4.69) is 25.9 Å². The average molecular weight is 282 g/mol. The van der Waals surface area contributed by atoms with Crippen molar-refractivity contribution in [3.63, 3.8) is 0 Å². The van der Waals surface area contributed by atoms with Crippen LogP contribution in [0.1, 0.15) is 17.3 Å². The van der Waals surface area contributed by atoms with Crippen LogP contribution < -0.4 is 5.73 Å². The molecule has 0 radical (unpaired) electrons. The molecule has 0 aliphatic heterocycles. The van der Waals surface area contributed by atoms with Crippen molar-refractivity contribution in [2.45, 2.75) is 6.04 Å². The minimum Gasteiger partial charge on any atom is -0.319 e. The predicted octanol–water partition coefficient (Wildman–Crippen LogP) is 2.43. The third-order valence-corrected chi connectivity index (χ3v) is 2.81. The quantitative estimate of drug-likeness (QED) is 0.920. The Morgan fingerprint density at radius 3 is 2.75 bits per heavy atom. The fourth-order valence-electron chi connectivity index (χ4n) is 1.35. The van der Waals surface area contributed by atoms with E-state index in [9.17, 15) is 4.39 Å². The number of aromatic nitrogens is 2. The van der Waals surface area contributed by atoms with Crippen LogP contribution >= 0.6 is 15.9 Å². The van der Waals surface area contributed by atoms with E-state index < -0.39 is 6.04 Å². The zero-order valence-corrected chi connectivity index (χ0v) is 9.86. The van der Waals surface area contributed by atoms with Crippen LogP contribution in [-0.4, -0.2) is 9.97 Å². The third kappa shape index (κ3) is 2.25. The van der Waals surface area contributed by atoms with E-state index in [1.54, 1.807) is 30.7 Å². The van der Waals surface area contributed by atoms with Gasteiger partial charge in [-0.1, -0.05) is 6.07 Å². The summed E-state index contributed by atoms with van der Waals surface area (Å²) in [7, 11) is 0. The molecule has 1 aromatic carbocycles. The standard InChI is InChI=1S/C11H9BrFN3/c12-8-5-7(1-2-9(8)13)11(14)10-6-15-3-4-16-10/h1-6,11H,14H2. The van der Waals surface area contributed by atoms with E-state index in [1.165, 1.54) is 6.07 Å². The smallest absolute Gasteiger partial charge is 0.137 e. The Hall–Kier alpha value is -1.33. The molecule has 0 fully saturated rings. The molecule has 0 spiro atoms. The van der Waals surface area contributed by atoms with Crippen LogP contribution in [0.4, 0.5) is 4.39 Å². The maximum absolute atomic E-state index is 13.0. The average Bonchev–Trinajstić information content (AvgIpc) is 2.33. The highest BCUT2D eigenvalue weighted by Crippen LogP contribution is 2.22. The second-order valence-corrected chi connectivity index (χ2v) is 4.14. The Kier molecular flexibility index (Phi) is 3.26. The van der Waals surface area contributed by atoms with Gasteiger partial charge in [-0.05, 0) is 33.6 Å². The number of nitrogens with zero attached hydrogens (tertiary/aromatic N) is 2. The zero-order chi connectivity index (χ0) is 11.5. The van der Waals surface area contributed by atoms with E-state index >= 15 is 0 Å². The summed E-state index contributed by atoms with van der Waals surface area (Å²) in [4.78, 5) is 8.05. The Morgan fingerprint density at radius 2 is 2.12 bits per heavy atom. The van der Waals surface area contributed by atoms with Crippen molar-refractivity contribution >= 4 is 15.9 Å². The van der Waals surface area contributed by atoms with Gasteiger partial charge >= 0.3 is 0 Å². The van der Waals surface area contributed by atoms with E-state index in [0.29, 0.717) is 10.2 Å². The molecule has 0 aliphatic carbocycles. The number of halogens is 2. The van der Waals surface area contributed by atoms with Crippen molar-refractivity contribution in [2.24, 2.45) is 5.73 Å². The molecular formula is C11H9BrFN3. The number of benzene rings is 1. The summed E-state index contributed by atoms with van der Waals surface area (Å²) in [6.07, 6.45) is 4.76. The molecule has 1 heterocycles. The van der Waals surface area contributed by atoms with Crippen molar-refractivity contribution in [1.29, 1.82) is 0 Å². The lowest BCUT2D eigenvalue weighted by Gasteiger charge is -2.11. The van der Waals surface area contributed by atoms with Gasteiger partial charge in [0.1, 0.15) is 5.82 Å². The first kappa shape index (κ1) is 11.2. The fourth-order valence-corrected chi connectivity index (χ4v) is 1.74. The van der Waals surface area contributed by atoms with Crippen molar-refractivity contribution < 1.29 is 4.39 Å². The van der Waals surface area contributed by atoms with Gasteiger partial charge in [-0.2, -0.15) is 0 Å². The van der Waals surface area contributed by atoms with Crippen molar-refractivity contribution in [3.05, 3.63) is 58.3 Å². The lowest BCUT2D eigenvalue weighted by molar-refractivity contribution is 0.619. The molecule has 0 amide bonds. The largest absolute Gasteiger partial charge is 0.319 e. The Morgan fingerprint density at radius 1 is 1.31 bits per heavy atom. The number of nitrogens with two attached hydrogens (primary N) is 1. The van der Waals surface area contributed by atoms with Gasteiger partial charge in [-0.25, -0.2) is 4.39 Å². The van der Waals surface area contributed by atoms with E-state index in [0.717, 1.165) is 5.56 Å². The molecule has 5 heteroatoms. The molecule has 1 aromatic heterocycles. The molecule has 2 rings (SSSR count). The number of rotatable bonds is 2. The van der Waals surface area contributed by atoms with E-state index in [4.69, 9.17) is 5.73 Å². The maximum Gasteiger partial charge on any atom is 0.137 e. The first-order valence-corrected chi connectivity index (χ1v) is 5.44. The Labute approximate surface area is 101 Å². The van der Waals surface area contributed by atoms with Gasteiger partial charge in [-0.3, -0.25) is 9.97 Å². The highest BCUT2D eigenvalue weighted by atomic mass is 79.9. The third-order valence-electron chi connectivity index (χ3n) is 2.20. The summed E-state index contributed by atoms with van der Waals surface area (Å²) in [6, 6.07) is 4.26. The molecule has 0 bridgehead atoms. The van der Waals surface area contributed by atoms with Crippen LogP contribution in [0.2, 0.25) is 0 Å². The van der Waals surface area contributed by atoms with Crippen LogP contribution in [0.15, 0.2) is 41.3 Å². The first-order valence-electron chi connectivity index (χ1n) is 4.65. The van der Waals surface area contributed by atoms with Gasteiger partial charge < -0.3 is 5.73 Å². The van der Waals surface area contributed by atoms with E-state index in [1.807, 2.05) is 0 Å². The van der Waals surface area contributed by atoms with Crippen LogP contribution in [0.5, 0.6) is 0 Å². The van der Waals surface area contributed by atoms with Crippen molar-refractivity contribution in [2.75, 3.05) is 0 Å². The first-order chi connectivity index (χ1) is 7.68. The number of hydrogen-bond donors (Lipinski definition) is 1. The minimum absolute atomic E-state index is 0.310. The molecule has 0 saturated carbocycles. The fraction of sp³-hybridized carbons (Fsp3) is 0.0909. The SMILES string of the molecule is NC(c1ccc(F)c(Br)c1)c1cnccn1. The van der Waals surface area contributed by atoms with Gasteiger partial charge in [0, 0.05) is 12.4 Å². The lowest BCUT2D eigenvalue weighted by atomic mass is 10.1. The second kappa shape index (κ2) is 4.67. The Bertz CT molecular complexity index is 490. The Balaban J connectivity index is 2.34. The molecule has 16 heavy (non-hydrogen) atoms. The molecule has 82 valence electrons. The second-order valence-electron chi connectivity index (χ2n) is 3.28. The van der Waals surface area contributed by atoms with Gasteiger partial charge in [-0.15, -0.1) is 0 Å². The normalized spacial score (nSPS) is 12.4. The van der Waals surface area contributed by atoms with Crippen molar-refractivity contribution in [1.82, 2.24) is 9.97 Å². The van der Waals surface area contributed by atoms with Gasteiger partial charge in [0.2, 0.25) is 0 Å². The number of hydrogen-bond acceptors (Lipinski definition) is 3. The molecule has 2 N–H and O–H groups in total. The maximum atomic E-state index is 13.0. The molecule has 0 saturated heterocycles. The molecule has 0 aliphatic rings. The van der Waals surface area contributed by atoms with Crippen molar-refractivity contribution in [3.8, 4) is 0 Å². The van der Waals surface area contributed by atoms with E-state index in [-0.39, 0.29) is 5.82 Å². The summed E-state index contributed by atoms with van der Waals surface area (Å²) in [5, 5.41) is 0. The highest BCUT2D eigenvalue weighted by Gasteiger charge is 2.11. The topological polar surface area (TPSA) is 51.8 Å². The van der Waals surface area contributed by atoms with Crippen LogP contribution in [-0.2, 0) is 0 Å². The summed E-state index contributed by atoms with van der Waals surface area (Å²) in [6.45, 7) is 0. The monoisotopic (exact) mass is 281 g/mol. The molecule has 2 aromatic rings. The summed E-state index contributed by atoms with van der Waals surface area (Å²) in [5.41, 5.74) is 7.43. The minimum atomic E-state index is -0.398. The molecule has 1 atom stereocenters. The highest BCUT2D eigenvalue weighted by molar-refractivity contribution is 9.10. The van der Waals surface area contributed by atoms with Crippen LogP contribution in [0.3, 0.4) is 0 Å². The summed E-state index contributed by atoms with van der Waals surface area (Å²) < 4.78 is 13.4. The predicted molar refractivity (Wildman–Crippen MR) is 62.2 cm³/mol. The van der Waals surface area contributed by atoms with Gasteiger partial charge in [0.05, 0.1) is 22.4 Å². The summed E-state index contributed by atoms with van der Waals surface area (Å²) in [5.74, 6) is -0.310. The zero-order valence-electron chi connectivity index (χ0n) is 8.27. The molecule has 1 unspecified atom stereocenters.